The van der Waals surface area contributed by atoms with Crippen LogP contribution >= 0.6 is 11.8 Å². The first-order valence-electron chi connectivity index (χ1n) is 11.1. The molecular weight excluding hydrogens is 482 g/mol. The number of thioether (sulfide) groups is 1. The highest BCUT2D eigenvalue weighted by Gasteiger charge is 2.21. The summed E-state index contributed by atoms with van der Waals surface area (Å²) in [5.74, 6) is -0.869. The molecule has 0 fully saturated rings. The Labute approximate surface area is 210 Å². The van der Waals surface area contributed by atoms with E-state index in [1.54, 1.807) is 38.1 Å². The van der Waals surface area contributed by atoms with Crippen molar-refractivity contribution in [2.45, 2.75) is 36.6 Å². The molecule has 184 valence electrons. The molecule has 0 unspecified atom stereocenters. The Morgan fingerprint density at radius 2 is 1.51 bits per heavy atom. The topological polar surface area (TPSA) is 104 Å². The van der Waals surface area contributed by atoms with E-state index in [-0.39, 0.29) is 34.0 Å². The second-order valence-electron chi connectivity index (χ2n) is 8.26. The Morgan fingerprint density at radius 3 is 2.17 bits per heavy atom. The molecular formula is C26H29N3O4S2. The molecule has 0 saturated heterocycles. The number of sulfonamides is 1. The van der Waals surface area contributed by atoms with Gasteiger partial charge in [0.25, 0.3) is 15.9 Å². The maximum Gasteiger partial charge on any atom is 0.261 e. The number of hydrogen-bond donors (Lipinski definition) is 3. The first-order valence-corrected chi connectivity index (χ1v) is 13.8. The zero-order valence-corrected chi connectivity index (χ0v) is 21.7. The van der Waals surface area contributed by atoms with E-state index >= 15 is 0 Å². The summed E-state index contributed by atoms with van der Waals surface area (Å²) in [6.45, 7) is 5.38. The van der Waals surface area contributed by atoms with Gasteiger partial charge in [-0.15, -0.1) is 11.8 Å². The number of nitrogens with one attached hydrogen (secondary N) is 3. The van der Waals surface area contributed by atoms with E-state index in [0.717, 1.165) is 10.5 Å². The maximum absolute atomic E-state index is 13.2. The summed E-state index contributed by atoms with van der Waals surface area (Å²) in [5, 5.41) is 5.70. The van der Waals surface area contributed by atoms with Gasteiger partial charge in [0.2, 0.25) is 5.91 Å². The lowest BCUT2D eigenvalue weighted by atomic mass is 10.1. The zero-order valence-electron chi connectivity index (χ0n) is 20.0. The number of anilines is 2. The second-order valence-corrected chi connectivity index (χ2v) is 10.8. The van der Waals surface area contributed by atoms with Crippen LogP contribution in [-0.4, -0.2) is 26.5 Å². The van der Waals surface area contributed by atoms with Gasteiger partial charge in [0, 0.05) is 10.8 Å². The Kier molecular flexibility index (Phi) is 8.58. The van der Waals surface area contributed by atoms with Gasteiger partial charge in [0.05, 0.1) is 27.9 Å². The van der Waals surface area contributed by atoms with Crippen LogP contribution in [0.25, 0.3) is 0 Å². The molecule has 3 aromatic rings. The molecule has 35 heavy (non-hydrogen) atoms. The highest BCUT2D eigenvalue weighted by molar-refractivity contribution is 7.98. The van der Waals surface area contributed by atoms with Gasteiger partial charge in [0.1, 0.15) is 0 Å². The van der Waals surface area contributed by atoms with Crippen molar-refractivity contribution < 1.29 is 18.0 Å². The summed E-state index contributed by atoms with van der Waals surface area (Å²) in [6, 6.07) is 20.2. The van der Waals surface area contributed by atoms with Gasteiger partial charge < -0.3 is 10.6 Å². The van der Waals surface area contributed by atoms with Crippen LogP contribution in [0.4, 0.5) is 11.4 Å². The Balaban J connectivity index is 1.86. The van der Waals surface area contributed by atoms with E-state index in [1.165, 1.54) is 30.0 Å². The largest absolute Gasteiger partial charge is 0.345 e. The summed E-state index contributed by atoms with van der Waals surface area (Å²) in [7, 11) is -4.04. The molecule has 0 spiro atoms. The minimum atomic E-state index is -4.04. The average Bonchev–Trinajstić information content (AvgIpc) is 2.84. The standard InChI is InChI=1S/C26H29N3O4S2/c1-17(2)25(30)28-23-16-20(14-15-24(23)34-4)35(32,33)29-22-13-9-8-12-21(22)26(31)27-18(3)19-10-6-5-7-11-19/h5-18,29H,1-4H3,(H,27,31)(H,28,30)/t18-/m0/s1. The Hall–Kier alpha value is -3.30. The van der Waals surface area contributed by atoms with Gasteiger partial charge in [-0.25, -0.2) is 8.42 Å². The minimum Gasteiger partial charge on any atom is -0.345 e. The molecule has 0 heterocycles. The fraction of sp³-hybridized carbons (Fsp3) is 0.231. The lowest BCUT2D eigenvalue weighted by Crippen LogP contribution is -2.28. The first kappa shape index (κ1) is 26.3. The predicted molar refractivity (Wildman–Crippen MR) is 141 cm³/mol. The summed E-state index contributed by atoms with van der Waals surface area (Å²) in [5.41, 5.74) is 1.71. The van der Waals surface area contributed by atoms with Crippen molar-refractivity contribution in [3.8, 4) is 0 Å². The van der Waals surface area contributed by atoms with Gasteiger partial charge in [-0.2, -0.15) is 0 Å². The molecule has 0 aliphatic rings. The second kappa shape index (κ2) is 11.4. The van der Waals surface area contributed by atoms with E-state index in [9.17, 15) is 18.0 Å². The van der Waals surface area contributed by atoms with Gasteiger partial charge >= 0.3 is 0 Å². The van der Waals surface area contributed by atoms with E-state index in [1.807, 2.05) is 43.5 Å². The number of para-hydroxylation sites is 1. The number of hydrogen-bond acceptors (Lipinski definition) is 5. The lowest BCUT2D eigenvalue weighted by Gasteiger charge is -2.17. The van der Waals surface area contributed by atoms with Crippen LogP contribution in [0.1, 0.15) is 42.7 Å². The highest BCUT2D eigenvalue weighted by Crippen LogP contribution is 2.30. The molecule has 0 aliphatic carbocycles. The maximum atomic E-state index is 13.2. The fourth-order valence-electron chi connectivity index (χ4n) is 3.30. The zero-order chi connectivity index (χ0) is 25.6. The predicted octanol–water partition coefficient (Wildman–Crippen LogP) is 5.29. The summed E-state index contributed by atoms with van der Waals surface area (Å²) < 4.78 is 29.0. The summed E-state index contributed by atoms with van der Waals surface area (Å²) in [6.07, 6.45) is 1.85. The fourth-order valence-corrected chi connectivity index (χ4v) is 4.94. The third-order valence-electron chi connectivity index (χ3n) is 5.33. The smallest absolute Gasteiger partial charge is 0.261 e. The molecule has 1 atom stereocenters. The third kappa shape index (κ3) is 6.64. The molecule has 2 amide bonds. The normalized spacial score (nSPS) is 12.1. The van der Waals surface area contributed by atoms with Crippen molar-refractivity contribution in [2.75, 3.05) is 16.3 Å². The van der Waals surface area contributed by atoms with E-state index in [4.69, 9.17) is 0 Å². The van der Waals surface area contributed by atoms with Crippen LogP contribution in [0.3, 0.4) is 0 Å². The van der Waals surface area contributed by atoms with Gasteiger partial charge in [-0.3, -0.25) is 14.3 Å². The number of amides is 2. The van der Waals surface area contributed by atoms with Gasteiger partial charge in [-0.05, 0) is 49.1 Å². The first-order chi connectivity index (χ1) is 16.6. The van der Waals surface area contributed by atoms with Gasteiger partial charge in [0.15, 0.2) is 0 Å². The molecule has 0 saturated carbocycles. The molecule has 0 bridgehead atoms. The van der Waals surface area contributed by atoms with Crippen molar-refractivity contribution >= 4 is 45.0 Å². The number of carbonyl (C=O) groups excluding carboxylic acids is 2. The van der Waals surface area contributed by atoms with Crippen LogP contribution in [0.5, 0.6) is 0 Å². The molecule has 0 aliphatic heterocycles. The molecule has 9 heteroatoms. The molecule has 3 rings (SSSR count). The molecule has 0 radical (unpaired) electrons. The van der Waals surface area contributed by atoms with Crippen molar-refractivity contribution in [1.29, 1.82) is 0 Å². The Morgan fingerprint density at radius 1 is 0.857 bits per heavy atom. The molecule has 0 aromatic heterocycles. The molecule has 3 aromatic carbocycles. The molecule has 3 N–H and O–H groups in total. The number of benzene rings is 3. The van der Waals surface area contributed by atoms with Crippen molar-refractivity contribution in [3.05, 3.63) is 83.9 Å². The van der Waals surface area contributed by atoms with Crippen LogP contribution in [0.2, 0.25) is 0 Å². The van der Waals surface area contributed by atoms with Crippen molar-refractivity contribution in [2.24, 2.45) is 5.92 Å². The monoisotopic (exact) mass is 511 g/mol. The average molecular weight is 512 g/mol. The highest BCUT2D eigenvalue weighted by atomic mass is 32.2. The van der Waals surface area contributed by atoms with Crippen LogP contribution < -0.4 is 15.4 Å². The minimum absolute atomic E-state index is 0.0257. The van der Waals surface area contributed by atoms with Crippen LogP contribution in [-0.2, 0) is 14.8 Å². The number of carbonyl (C=O) groups is 2. The van der Waals surface area contributed by atoms with E-state index in [0.29, 0.717) is 5.69 Å². The van der Waals surface area contributed by atoms with Crippen molar-refractivity contribution in [1.82, 2.24) is 5.32 Å². The Bertz CT molecular complexity index is 1310. The summed E-state index contributed by atoms with van der Waals surface area (Å²) in [4.78, 5) is 25.9. The third-order valence-corrected chi connectivity index (χ3v) is 7.49. The SMILES string of the molecule is CSc1ccc(S(=O)(=O)Nc2ccccc2C(=O)N[C@@H](C)c2ccccc2)cc1NC(=O)C(C)C. The quantitative estimate of drug-likeness (QED) is 0.339. The van der Waals surface area contributed by atoms with Crippen LogP contribution in [0, 0.1) is 5.92 Å². The number of rotatable bonds is 9. The molecule has 7 nitrogen and oxygen atoms in total. The van der Waals surface area contributed by atoms with Crippen molar-refractivity contribution in [3.63, 3.8) is 0 Å². The summed E-state index contributed by atoms with van der Waals surface area (Å²) >= 11 is 1.40. The lowest BCUT2D eigenvalue weighted by molar-refractivity contribution is -0.118. The van der Waals surface area contributed by atoms with Crippen LogP contribution in [0.15, 0.2) is 82.6 Å². The van der Waals surface area contributed by atoms with Gasteiger partial charge in [-0.1, -0.05) is 56.3 Å². The van der Waals surface area contributed by atoms with E-state index < -0.39 is 15.9 Å². The van der Waals surface area contributed by atoms with E-state index in [2.05, 4.69) is 15.4 Å².